The van der Waals surface area contributed by atoms with Crippen LogP contribution < -0.4 is 0 Å². The Hall–Kier alpha value is -0.933. The van der Waals surface area contributed by atoms with Gasteiger partial charge in [-0.1, -0.05) is 51.1 Å². The molecule has 1 aromatic carbocycles. The lowest BCUT2D eigenvalue weighted by Gasteiger charge is -2.33. The van der Waals surface area contributed by atoms with Crippen molar-refractivity contribution in [1.82, 2.24) is 0 Å². The Balaban J connectivity index is 2.74. The van der Waals surface area contributed by atoms with E-state index in [2.05, 4.69) is 51.1 Å². The summed E-state index contributed by atoms with van der Waals surface area (Å²) in [6.45, 7) is 8.49. The van der Waals surface area contributed by atoms with Gasteiger partial charge in [-0.3, -0.25) is 0 Å². The third kappa shape index (κ3) is 6.45. The van der Waals surface area contributed by atoms with Crippen LogP contribution in [0, 0.1) is 0 Å². The lowest BCUT2D eigenvalue weighted by molar-refractivity contribution is -0.117. The molecule has 1 aromatic rings. The predicted octanol–water partition coefficient (Wildman–Crippen LogP) is 5.38. The second-order valence-corrected chi connectivity index (χ2v) is 11.0. The molecule has 0 amide bonds. The monoisotopic (exact) mass is 320 g/mol. The molecule has 0 aliphatic rings. The predicted molar refractivity (Wildman–Crippen MR) is 96.7 cm³/mol. The molecule has 0 N–H and O–H groups in total. The van der Waals surface area contributed by atoms with Gasteiger partial charge in [-0.15, -0.1) is 0 Å². The molecular weight excluding hydrogens is 288 g/mol. The maximum absolute atomic E-state index is 11.2. The van der Waals surface area contributed by atoms with Gasteiger partial charge < -0.3 is 9.22 Å². The molecule has 0 heterocycles. The molecule has 0 saturated carbocycles. The van der Waals surface area contributed by atoms with Crippen molar-refractivity contribution >= 4 is 14.1 Å². The smallest absolute Gasteiger partial charge is 0.192 e. The van der Waals surface area contributed by atoms with Crippen molar-refractivity contribution in [1.29, 1.82) is 0 Å². The first-order valence-corrected chi connectivity index (χ1v) is 11.3. The van der Waals surface area contributed by atoms with E-state index in [9.17, 15) is 4.79 Å². The lowest BCUT2D eigenvalue weighted by atomic mass is 10.0. The topological polar surface area (TPSA) is 26.3 Å². The van der Waals surface area contributed by atoms with Crippen LogP contribution in [0.25, 0.3) is 0 Å². The van der Waals surface area contributed by atoms with Gasteiger partial charge in [0.2, 0.25) is 0 Å². The summed E-state index contributed by atoms with van der Waals surface area (Å²) in [6, 6.07) is 14.1. The summed E-state index contributed by atoms with van der Waals surface area (Å²) in [5.41, 5.74) is 1.33. The minimum Gasteiger partial charge on any atom is -0.414 e. The normalized spacial score (nSPS) is 13.1. The molecule has 1 rings (SSSR count). The zero-order chi connectivity index (χ0) is 16.4. The van der Waals surface area contributed by atoms with Gasteiger partial charge >= 0.3 is 0 Å². The zero-order valence-electron chi connectivity index (χ0n) is 14.7. The molecule has 0 bridgehead atoms. The number of hydrogen-bond donors (Lipinski definition) is 0. The van der Waals surface area contributed by atoms with E-state index >= 15 is 0 Å². The molecule has 2 nitrogen and oxygen atoms in total. The highest BCUT2D eigenvalue weighted by atomic mass is 28.4. The van der Waals surface area contributed by atoms with E-state index in [1.54, 1.807) is 6.92 Å². The lowest BCUT2D eigenvalue weighted by Crippen LogP contribution is -2.40. The molecule has 1 unspecified atom stereocenters. The van der Waals surface area contributed by atoms with Crippen molar-refractivity contribution in [3.05, 3.63) is 35.9 Å². The summed E-state index contributed by atoms with van der Waals surface area (Å²) < 4.78 is 6.70. The van der Waals surface area contributed by atoms with Crippen molar-refractivity contribution in [2.24, 2.45) is 0 Å². The van der Waals surface area contributed by atoms with Crippen LogP contribution in [0.4, 0.5) is 0 Å². The summed E-state index contributed by atoms with van der Waals surface area (Å²) in [4.78, 5) is 11.2. The highest BCUT2D eigenvalue weighted by Crippen LogP contribution is 2.26. The van der Waals surface area contributed by atoms with E-state index in [4.69, 9.17) is 4.43 Å². The average molecular weight is 321 g/mol. The number of Topliss-reactive ketones (excluding diaryl/α,β-unsaturated/α-hetero) is 1. The highest BCUT2D eigenvalue weighted by molar-refractivity contribution is 6.73. The molecule has 0 spiro atoms. The van der Waals surface area contributed by atoms with Gasteiger partial charge in [0, 0.05) is 12.5 Å². The van der Waals surface area contributed by atoms with Crippen LogP contribution in [-0.4, -0.2) is 20.2 Å². The van der Waals surface area contributed by atoms with Crippen LogP contribution in [0.5, 0.6) is 0 Å². The van der Waals surface area contributed by atoms with Crippen molar-refractivity contribution in [3.8, 4) is 0 Å². The number of carbonyl (C=O) groups is 1. The Morgan fingerprint density at radius 3 is 2.18 bits per heavy atom. The van der Waals surface area contributed by atoms with E-state index in [-0.39, 0.29) is 11.9 Å². The molecule has 124 valence electrons. The molecule has 0 aliphatic heterocycles. The van der Waals surface area contributed by atoms with Crippen molar-refractivity contribution in [2.45, 2.75) is 77.6 Å². The number of carbonyl (C=O) groups excluding carboxylic acids is 1. The fourth-order valence-corrected chi connectivity index (χ4v) is 5.92. The van der Waals surface area contributed by atoms with Gasteiger partial charge in [0.15, 0.2) is 8.32 Å². The fraction of sp³-hybridized carbons (Fsp3) is 0.632. The average Bonchev–Trinajstić information content (AvgIpc) is 2.53. The zero-order valence-corrected chi connectivity index (χ0v) is 15.7. The number of rotatable bonds is 11. The third-order valence-electron chi connectivity index (χ3n) is 4.71. The summed E-state index contributed by atoms with van der Waals surface area (Å²) in [5, 5.41) is 0. The van der Waals surface area contributed by atoms with Crippen LogP contribution >= 0.6 is 0 Å². The molecular formula is C19H32O2Si. The van der Waals surface area contributed by atoms with E-state index in [1.807, 2.05) is 0 Å². The maximum Gasteiger partial charge on any atom is 0.192 e. The molecule has 3 heteroatoms. The minimum atomic E-state index is -1.60. The molecule has 0 saturated heterocycles. The molecule has 22 heavy (non-hydrogen) atoms. The Kier molecular flexibility index (Phi) is 8.65. The largest absolute Gasteiger partial charge is 0.414 e. The van der Waals surface area contributed by atoms with Gasteiger partial charge in [0.05, 0.1) is 0 Å². The summed E-state index contributed by atoms with van der Waals surface area (Å²) in [5.74, 6) is 0.281. The molecule has 0 aromatic heterocycles. The van der Waals surface area contributed by atoms with Crippen LogP contribution in [0.3, 0.4) is 0 Å². The van der Waals surface area contributed by atoms with E-state index in [0.717, 1.165) is 19.3 Å². The second kappa shape index (κ2) is 9.96. The van der Waals surface area contributed by atoms with Crippen LogP contribution in [-0.2, 0) is 15.6 Å². The SMILES string of the molecule is CC[Si](CC)(CC)OC(CCCC(C)=O)Cc1ccccc1. The summed E-state index contributed by atoms with van der Waals surface area (Å²) in [6.07, 6.45) is 3.83. The third-order valence-corrected chi connectivity index (χ3v) is 9.41. The van der Waals surface area contributed by atoms with Gasteiger partial charge in [-0.2, -0.15) is 0 Å². The van der Waals surface area contributed by atoms with Crippen molar-refractivity contribution in [3.63, 3.8) is 0 Å². The summed E-state index contributed by atoms with van der Waals surface area (Å²) in [7, 11) is -1.60. The first-order valence-electron chi connectivity index (χ1n) is 8.76. The van der Waals surface area contributed by atoms with Gasteiger partial charge in [0.25, 0.3) is 0 Å². The number of ketones is 1. The second-order valence-electron chi connectivity index (χ2n) is 6.27. The Morgan fingerprint density at radius 1 is 1.09 bits per heavy atom. The van der Waals surface area contributed by atoms with Gasteiger partial charge in [0.1, 0.15) is 5.78 Å². The van der Waals surface area contributed by atoms with Crippen LogP contribution in [0.15, 0.2) is 30.3 Å². The molecule has 0 radical (unpaired) electrons. The summed E-state index contributed by atoms with van der Waals surface area (Å²) >= 11 is 0. The van der Waals surface area contributed by atoms with Crippen LogP contribution in [0.1, 0.15) is 52.5 Å². The standard InChI is InChI=1S/C19H32O2Si/c1-5-22(6-2,7-3)21-19(15-11-12-17(4)20)16-18-13-9-8-10-14-18/h8-10,13-14,19H,5-7,11-12,15-16H2,1-4H3. The first kappa shape index (κ1) is 19.1. The van der Waals surface area contributed by atoms with Gasteiger partial charge in [-0.25, -0.2) is 0 Å². The molecule has 0 fully saturated rings. The molecule has 1 atom stereocenters. The van der Waals surface area contributed by atoms with E-state index < -0.39 is 8.32 Å². The van der Waals surface area contributed by atoms with Crippen molar-refractivity contribution in [2.75, 3.05) is 0 Å². The first-order chi connectivity index (χ1) is 10.5. The number of benzene rings is 1. The Bertz CT molecular complexity index is 418. The minimum absolute atomic E-state index is 0.258. The van der Waals surface area contributed by atoms with Crippen molar-refractivity contribution < 1.29 is 9.22 Å². The highest BCUT2D eigenvalue weighted by Gasteiger charge is 2.31. The van der Waals surface area contributed by atoms with Crippen LogP contribution in [0.2, 0.25) is 18.1 Å². The quantitative estimate of drug-likeness (QED) is 0.512. The van der Waals surface area contributed by atoms with Gasteiger partial charge in [-0.05, 0) is 49.9 Å². The maximum atomic E-state index is 11.2. The Labute approximate surface area is 137 Å². The Morgan fingerprint density at radius 2 is 1.68 bits per heavy atom. The molecule has 0 aliphatic carbocycles. The van der Waals surface area contributed by atoms with E-state index in [0.29, 0.717) is 6.42 Å². The number of hydrogen-bond acceptors (Lipinski definition) is 2. The van der Waals surface area contributed by atoms with E-state index in [1.165, 1.54) is 23.7 Å². The fourth-order valence-electron chi connectivity index (χ4n) is 3.01.